The molecule has 3 aliphatic rings. The maximum absolute atomic E-state index is 12.7. The zero-order valence-corrected chi connectivity index (χ0v) is 16.0. The van der Waals surface area contributed by atoms with E-state index in [2.05, 4.69) is 19.9 Å². The fourth-order valence-corrected chi connectivity index (χ4v) is 6.66. The highest BCUT2D eigenvalue weighted by Crippen LogP contribution is 2.63. The van der Waals surface area contributed by atoms with Gasteiger partial charge in [0.1, 0.15) is 5.78 Å². The minimum Gasteiger partial charge on any atom is -0.478 e. The molecule has 0 saturated heterocycles. The fourth-order valence-electron chi connectivity index (χ4n) is 6.66. The molecule has 2 fully saturated rings. The lowest BCUT2D eigenvalue weighted by atomic mass is 9.53. The smallest absolute Gasteiger partial charge is 0.335 e. The lowest BCUT2D eigenvalue weighted by Gasteiger charge is -2.50. The number of Topliss-reactive ketones (excluding diaryl/α,β-unsaturated/α-hetero) is 1. The molecule has 3 aliphatic carbocycles. The van der Waals surface area contributed by atoms with E-state index in [4.69, 9.17) is 0 Å². The number of benzene rings is 1. The molecule has 2 saturated carbocycles. The summed E-state index contributed by atoms with van der Waals surface area (Å²) in [6.45, 7) is 4.50. The Labute approximate surface area is 156 Å². The number of aromatic carboxylic acids is 1. The summed E-state index contributed by atoms with van der Waals surface area (Å²) >= 11 is 0. The summed E-state index contributed by atoms with van der Waals surface area (Å²) < 4.78 is 0. The van der Waals surface area contributed by atoms with Crippen LogP contribution in [0, 0.1) is 23.2 Å². The standard InChI is InChI=1S/C23H30O3/c1-3-4-21(24)20-10-9-19-18-8-5-14-13-15(22(25)26)6-7-16(14)17(18)11-12-23(19,20)2/h6-7,13,17-20H,3-5,8-12H2,1-2H3,(H,25,26)/t17-,18-,19+,20-,23+/m1/s1. The predicted octanol–water partition coefficient (Wildman–Crippen LogP) is 5.23. The van der Waals surface area contributed by atoms with Gasteiger partial charge >= 0.3 is 5.97 Å². The molecule has 0 spiro atoms. The molecule has 5 atom stereocenters. The van der Waals surface area contributed by atoms with Crippen LogP contribution in [0.2, 0.25) is 0 Å². The average molecular weight is 354 g/mol. The van der Waals surface area contributed by atoms with Crippen molar-refractivity contribution in [2.24, 2.45) is 23.2 Å². The number of carbonyl (C=O) groups is 2. The summed E-state index contributed by atoms with van der Waals surface area (Å²) in [4.78, 5) is 24.0. The zero-order valence-electron chi connectivity index (χ0n) is 16.0. The van der Waals surface area contributed by atoms with Gasteiger partial charge in [0.15, 0.2) is 0 Å². The van der Waals surface area contributed by atoms with Crippen LogP contribution < -0.4 is 0 Å². The van der Waals surface area contributed by atoms with Crippen LogP contribution in [0.15, 0.2) is 18.2 Å². The number of carboxylic acid groups (broad SMARTS) is 1. The van der Waals surface area contributed by atoms with Gasteiger partial charge in [-0.25, -0.2) is 4.79 Å². The van der Waals surface area contributed by atoms with Crippen LogP contribution in [0.25, 0.3) is 0 Å². The van der Waals surface area contributed by atoms with E-state index < -0.39 is 5.97 Å². The van der Waals surface area contributed by atoms with E-state index in [0.29, 0.717) is 29.1 Å². The van der Waals surface area contributed by atoms with Crippen LogP contribution in [0.1, 0.15) is 86.2 Å². The molecule has 26 heavy (non-hydrogen) atoms. The number of fused-ring (bicyclic) bond motifs is 5. The van der Waals surface area contributed by atoms with Gasteiger partial charge in [-0.2, -0.15) is 0 Å². The Balaban J connectivity index is 1.61. The van der Waals surface area contributed by atoms with Gasteiger partial charge in [0, 0.05) is 12.3 Å². The number of carboxylic acids is 1. The number of aryl methyl sites for hydroxylation is 1. The summed E-state index contributed by atoms with van der Waals surface area (Å²) in [5, 5.41) is 9.27. The van der Waals surface area contributed by atoms with Crippen molar-refractivity contribution in [2.75, 3.05) is 0 Å². The molecule has 1 aromatic rings. The molecule has 0 heterocycles. The number of carbonyl (C=O) groups excluding carboxylic acids is 1. The molecule has 1 aromatic carbocycles. The molecule has 0 aromatic heterocycles. The minimum absolute atomic E-state index is 0.186. The molecule has 1 N–H and O–H groups in total. The first-order chi connectivity index (χ1) is 12.5. The molecule has 0 aliphatic heterocycles. The Kier molecular flexibility index (Phi) is 4.45. The van der Waals surface area contributed by atoms with Crippen LogP contribution >= 0.6 is 0 Å². The van der Waals surface area contributed by atoms with Gasteiger partial charge in [-0.3, -0.25) is 4.79 Å². The summed E-state index contributed by atoms with van der Waals surface area (Å²) in [6.07, 6.45) is 8.39. The van der Waals surface area contributed by atoms with Crippen molar-refractivity contribution < 1.29 is 14.7 Å². The largest absolute Gasteiger partial charge is 0.478 e. The van der Waals surface area contributed by atoms with Crippen LogP contribution in [0.4, 0.5) is 0 Å². The second-order valence-corrected chi connectivity index (χ2v) is 9.03. The number of rotatable bonds is 4. The molecule has 140 valence electrons. The Bertz CT molecular complexity index is 737. The second kappa shape index (κ2) is 6.51. The van der Waals surface area contributed by atoms with Gasteiger partial charge < -0.3 is 5.11 Å². The van der Waals surface area contributed by atoms with E-state index in [0.717, 1.165) is 44.9 Å². The Morgan fingerprint density at radius 3 is 2.73 bits per heavy atom. The average Bonchev–Trinajstić information content (AvgIpc) is 2.98. The van der Waals surface area contributed by atoms with Gasteiger partial charge in [0.05, 0.1) is 5.56 Å². The van der Waals surface area contributed by atoms with E-state index in [-0.39, 0.29) is 11.3 Å². The highest BCUT2D eigenvalue weighted by atomic mass is 16.4. The molecule has 0 radical (unpaired) electrons. The summed E-state index contributed by atoms with van der Waals surface area (Å²) in [7, 11) is 0. The van der Waals surface area contributed by atoms with Crippen LogP contribution in [-0.4, -0.2) is 16.9 Å². The third-order valence-electron chi connectivity index (χ3n) is 7.86. The van der Waals surface area contributed by atoms with Crippen LogP contribution in [0.3, 0.4) is 0 Å². The van der Waals surface area contributed by atoms with E-state index in [1.165, 1.54) is 17.5 Å². The van der Waals surface area contributed by atoms with Crippen molar-refractivity contribution in [1.82, 2.24) is 0 Å². The maximum atomic E-state index is 12.7. The topological polar surface area (TPSA) is 54.4 Å². The van der Waals surface area contributed by atoms with Gasteiger partial charge in [-0.1, -0.05) is 19.9 Å². The summed E-state index contributed by atoms with van der Waals surface area (Å²) in [6, 6.07) is 5.75. The summed E-state index contributed by atoms with van der Waals surface area (Å²) in [5.41, 5.74) is 3.23. The monoisotopic (exact) mass is 354 g/mol. The van der Waals surface area contributed by atoms with E-state index in [9.17, 15) is 14.7 Å². The third kappa shape index (κ3) is 2.62. The van der Waals surface area contributed by atoms with Crippen LogP contribution in [-0.2, 0) is 11.2 Å². The van der Waals surface area contributed by atoms with Crippen molar-refractivity contribution in [3.05, 3.63) is 34.9 Å². The van der Waals surface area contributed by atoms with E-state index >= 15 is 0 Å². The molecule has 0 amide bonds. The third-order valence-corrected chi connectivity index (χ3v) is 7.86. The minimum atomic E-state index is -0.834. The van der Waals surface area contributed by atoms with Crippen molar-refractivity contribution in [2.45, 2.75) is 71.1 Å². The van der Waals surface area contributed by atoms with Gasteiger partial charge in [0.2, 0.25) is 0 Å². The lowest BCUT2D eigenvalue weighted by Crippen LogP contribution is -2.44. The maximum Gasteiger partial charge on any atom is 0.335 e. The molecule has 3 heteroatoms. The second-order valence-electron chi connectivity index (χ2n) is 9.03. The molecule has 3 nitrogen and oxygen atoms in total. The van der Waals surface area contributed by atoms with Gasteiger partial charge in [-0.15, -0.1) is 0 Å². The first kappa shape index (κ1) is 17.8. The fraction of sp³-hybridized carbons (Fsp3) is 0.652. The SMILES string of the molecule is CCCC(=O)[C@H]1CC[C@H]2[C@@H]3CCc4cc(C(=O)O)ccc4[C@H]3CC[C@]12C. The molecular weight excluding hydrogens is 324 g/mol. The van der Waals surface area contributed by atoms with E-state index in [1.54, 1.807) is 6.07 Å². The van der Waals surface area contributed by atoms with Crippen LogP contribution in [0.5, 0.6) is 0 Å². The first-order valence-corrected chi connectivity index (χ1v) is 10.3. The number of hydrogen-bond acceptors (Lipinski definition) is 2. The molecule has 0 unspecified atom stereocenters. The van der Waals surface area contributed by atoms with Gasteiger partial charge in [-0.05, 0) is 91.4 Å². The Hall–Kier alpha value is -1.64. The highest BCUT2D eigenvalue weighted by molar-refractivity contribution is 5.88. The van der Waals surface area contributed by atoms with Crippen molar-refractivity contribution in [3.63, 3.8) is 0 Å². The Morgan fingerprint density at radius 1 is 1.19 bits per heavy atom. The Morgan fingerprint density at radius 2 is 2.00 bits per heavy atom. The van der Waals surface area contributed by atoms with E-state index in [1.807, 2.05) is 6.07 Å². The molecule has 4 rings (SSSR count). The highest BCUT2D eigenvalue weighted by Gasteiger charge is 2.56. The molecular formula is C23H30O3. The van der Waals surface area contributed by atoms with Crippen molar-refractivity contribution >= 4 is 11.8 Å². The predicted molar refractivity (Wildman–Crippen MR) is 101 cm³/mol. The first-order valence-electron chi connectivity index (χ1n) is 10.3. The quantitative estimate of drug-likeness (QED) is 0.806. The zero-order chi connectivity index (χ0) is 18.5. The normalized spacial score (nSPS) is 35.3. The summed E-state index contributed by atoms with van der Waals surface area (Å²) in [5.74, 6) is 1.80. The van der Waals surface area contributed by atoms with Gasteiger partial charge in [0.25, 0.3) is 0 Å². The number of hydrogen-bond donors (Lipinski definition) is 1. The number of ketones is 1. The molecule has 0 bridgehead atoms. The van der Waals surface area contributed by atoms with Crippen molar-refractivity contribution in [3.8, 4) is 0 Å². The lowest BCUT2D eigenvalue weighted by molar-refractivity contribution is -0.128. The van der Waals surface area contributed by atoms with Crippen molar-refractivity contribution in [1.29, 1.82) is 0 Å².